The van der Waals surface area contributed by atoms with Gasteiger partial charge in [-0.1, -0.05) is 53.7 Å². The molecule has 0 atom stereocenters. The Morgan fingerprint density at radius 3 is 2.48 bits per heavy atom. The summed E-state index contributed by atoms with van der Waals surface area (Å²) in [4.78, 5) is 15.2. The number of para-hydroxylation sites is 1. The summed E-state index contributed by atoms with van der Waals surface area (Å²) >= 11 is 0. The zero-order valence-electron chi connectivity index (χ0n) is 16.6. The van der Waals surface area contributed by atoms with Crippen LogP contribution in [0.4, 0.5) is 5.82 Å². The molecule has 9 heteroatoms. The molecule has 0 saturated heterocycles. The molecule has 0 fully saturated rings. The number of rotatable bonds is 9. The number of aromatic nitrogens is 5. The van der Waals surface area contributed by atoms with Crippen LogP contribution in [-0.4, -0.2) is 29.5 Å². The summed E-state index contributed by atoms with van der Waals surface area (Å²) in [5.74, 6) is 1.18. The number of aryl methyl sites for hydroxylation is 1. The van der Waals surface area contributed by atoms with Crippen molar-refractivity contribution in [3.05, 3.63) is 100 Å². The standard InChI is InChI=1S/C22H20N6O3/c29-28(30)22-15-23-21(12-11-18-7-3-1-4-8-18)27(22)14-13-26-16-19(24-25-26)17-31-20-9-5-2-6-10-20/h1-12,15-16H,13-14,17H2/b12-11+. The van der Waals surface area contributed by atoms with Gasteiger partial charge in [-0.2, -0.15) is 0 Å². The van der Waals surface area contributed by atoms with Crippen LogP contribution in [0.15, 0.2) is 73.1 Å². The van der Waals surface area contributed by atoms with Crippen LogP contribution in [0.3, 0.4) is 0 Å². The van der Waals surface area contributed by atoms with E-state index < -0.39 is 4.92 Å². The van der Waals surface area contributed by atoms with Gasteiger partial charge in [-0.25, -0.2) is 14.2 Å². The van der Waals surface area contributed by atoms with E-state index in [9.17, 15) is 10.1 Å². The maximum absolute atomic E-state index is 11.4. The highest BCUT2D eigenvalue weighted by Crippen LogP contribution is 2.17. The normalized spacial score (nSPS) is 11.1. The molecule has 0 aliphatic carbocycles. The van der Waals surface area contributed by atoms with Gasteiger partial charge in [0.15, 0.2) is 0 Å². The minimum Gasteiger partial charge on any atom is -0.487 e. The molecule has 2 aromatic heterocycles. The van der Waals surface area contributed by atoms with Crippen LogP contribution in [0.5, 0.6) is 5.75 Å². The number of nitrogens with zero attached hydrogens (tertiary/aromatic N) is 6. The summed E-state index contributed by atoms with van der Waals surface area (Å²) in [6.07, 6.45) is 6.68. The molecular weight excluding hydrogens is 396 g/mol. The molecule has 0 spiro atoms. The molecule has 0 aliphatic rings. The highest BCUT2D eigenvalue weighted by molar-refractivity contribution is 5.67. The lowest BCUT2D eigenvalue weighted by Gasteiger charge is -2.03. The maximum Gasteiger partial charge on any atom is 0.343 e. The van der Waals surface area contributed by atoms with E-state index in [0.29, 0.717) is 31.2 Å². The molecule has 0 aliphatic heterocycles. The van der Waals surface area contributed by atoms with Crippen molar-refractivity contribution < 1.29 is 9.66 Å². The highest BCUT2D eigenvalue weighted by atomic mass is 16.6. The van der Waals surface area contributed by atoms with Crippen molar-refractivity contribution in [3.8, 4) is 5.75 Å². The Hall–Kier alpha value is -4.27. The Labute approximate surface area is 178 Å². The third-order valence-corrected chi connectivity index (χ3v) is 4.55. The molecule has 4 aromatic rings. The molecule has 0 radical (unpaired) electrons. The topological polar surface area (TPSA) is 101 Å². The SMILES string of the molecule is O=[N+]([O-])c1cnc(/C=C/c2ccccc2)n1CCn1cc(COc2ccccc2)nn1. The van der Waals surface area contributed by atoms with Gasteiger partial charge in [-0.05, 0) is 28.7 Å². The lowest BCUT2D eigenvalue weighted by atomic mass is 10.2. The fraction of sp³-hybridized carbons (Fsp3) is 0.136. The van der Waals surface area contributed by atoms with Gasteiger partial charge in [0.1, 0.15) is 30.8 Å². The van der Waals surface area contributed by atoms with Crippen LogP contribution in [0.1, 0.15) is 17.1 Å². The van der Waals surface area contributed by atoms with Gasteiger partial charge in [0.2, 0.25) is 5.82 Å². The lowest BCUT2D eigenvalue weighted by molar-refractivity contribution is -0.392. The molecule has 0 saturated carbocycles. The summed E-state index contributed by atoms with van der Waals surface area (Å²) in [6.45, 7) is 1.02. The second kappa shape index (κ2) is 9.49. The number of imidazole rings is 1. The van der Waals surface area contributed by atoms with Crippen LogP contribution in [0.2, 0.25) is 0 Å². The highest BCUT2D eigenvalue weighted by Gasteiger charge is 2.18. The Morgan fingerprint density at radius 2 is 1.74 bits per heavy atom. The second-order valence-corrected chi connectivity index (χ2v) is 6.70. The molecule has 4 rings (SSSR count). The Kier molecular flexibility index (Phi) is 6.13. The van der Waals surface area contributed by atoms with Crippen molar-refractivity contribution in [3.63, 3.8) is 0 Å². The molecule has 2 heterocycles. The van der Waals surface area contributed by atoms with Gasteiger partial charge in [0.25, 0.3) is 0 Å². The smallest absolute Gasteiger partial charge is 0.343 e. The summed E-state index contributed by atoms with van der Waals surface area (Å²) in [5.41, 5.74) is 1.66. The average molecular weight is 416 g/mol. The molecular formula is C22H20N6O3. The van der Waals surface area contributed by atoms with E-state index in [1.54, 1.807) is 21.5 Å². The van der Waals surface area contributed by atoms with Crippen molar-refractivity contribution in [2.45, 2.75) is 19.7 Å². The van der Waals surface area contributed by atoms with Crippen LogP contribution >= 0.6 is 0 Å². The van der Waals surface area contributed by atoms with Gasteiger partial charge in [0.05, 0.1) is 12.7 Å². The lowest BCUT2D eigenvalue weighted by Crippen LogP contribution is -2.11. The molecule has 31 heavy (non-hydrogen) atoms. The summed E-state index contributed by atoms with van der Waals surface area (Å²) in [7, 11) is 0. The fourth-order valence-corrected chi connectivity index (χ4v) is 3.01. The molecule has 0 unspecified atom stereocenters. The number of hydrogen-bond acceptors (Lipinski definition) is 6. The number of nitro groups is 1. The first kappa shape index (κ1) is 20.0. The number of benzene rings is 2. The van der Waals surface area contributed by atoms with Crippen molar-refractivity contribution in [2.75, 3.05) is 0 Å². The van der Waals surface area contributed by atoms with Crippen LogP contribution in [-0.2, 0) is 19.7 Å². The molecule has 0 amide bonds. The summed E-state index contributed by atoms with van der Waals surface area (Å²) in [5, 5.41) is 19.6. The first-order chi connectivity index (χ1) is 15.2. The third kappa shape index (κ3) is 5.21. The third-order valence-electron chi connectivity index (χ3n) is 4.55. The monoisotopic (exact) mass is 416 g/mol. The summed E-state index contributed by atoms with van der Waals surface area (Å²) in [6, 6.07) is 19.1. The van der Waals surface area contributed by atoms with E-state index in [-0.39, 0.29) is 5.82 Å². The van der Waals surface area contributed by atoms with E-state index in [1.165, 1.54) is 6.20 Å². The first-order valence-corrected chi connectivity index (χ1v) is 9.69. The predicted octanol–water partition coefficient (Wildman–Crippen LogP) is 3.83. The Morgan fingerprint density at radius 1 is 1.00 bits per heavy atom. The Bertz CT molecular complexity index is 1170. The van der Waals surface area contributed by atoms with Gasteiger partial charge in [-0.15, -0.1) is 5.10 Å². The van der Waals surface area contributed by atoms with Crippen molar-refractivity contribution in [2.24, 2.45) is 0 Å². The quantitative estimate of drug-likeness (QED) is 0.304. The van der Waals surface area contributed by atoms with E-state index >= 15 is 0 Å². The van der Waals surface area contributed by atoms with Crippen LogP contribution in [0, 0.1) is 10.1 Å². The number of ether oxygens (including phenoxy) is 1. The fourth-order valence-electron chi connectivity index (χ4n) is 3.01. The zero-order valence-corrected chi connectivity index (χ0v) is 16.6. The van der Waals surface area contributed by atoms with Crippen LogP contribution in [0.25, 0.3) is 12.2 Å². The molecule has 0 bridgehead atoms. The van der Waals surface area contributed by atoms with Gasteiger partial charge >= 0.3 is 5.82 Å². The van der Waals surface area contributed by atoms with Crippen LogP contribution < -0.4 is 4.74 Å². The maximum atomic E-state index is 11.4. The number of hydrogen-bond donors (Lipinski definition) is 0. The predicted molar refractivity (Wildman–Crippen MR) is 115 cm³/mol. The van der Waals surface area contributed by atoms with Crippen molar-refractivity contribution in [1.29, 1.82) is 0 Å². The summed E-state index contributed by atoms with van der Waals surface area (Å²) < 4.78 is 8.86. The minimum atomic E-state index is -0.437. The largest absolute Gasteiger partial charge is 0.487 e. The van der Waals surface area contributed by atoms with E-state index in [0.717, 1.165) is 11.3 Å². The zero-order chi connectivity index (χ0) is 21.5. The van der Waals surface area contributed by atoms with E-state index in [4.69, 9.17) is 4.74 Å². The van der Waals surface area contributed by atoms with E-state index in [1.807, 2.05) is 66.7 Å². The van der Waals surface area contributed by atoms with E-state index in [2.05, 4.69) is 15.3 Å². The van der Waals surface area contributed by atoms with Gasteiger partial charge in [0, 0.05) is 6.08 Å². The molecule has 0 N–H and O–H groups in total. The van der Waals surface area contributed by atoms with Gasteiger partial charge < -0.3 is 14.9 Å². The second-order valence-electron chi connectivity index (χ2n) is 6.70. The molecule has 156 valence electrons. The average Bonchev–Trinajstić information content (AvgIpc) is 3.43. The van der Waals surface area contributed by atoms with Crippen molar-refractivity contribution in [1.82, 2.24) is 24.5 Å². The Balaban J connectivity index is 1.43. The molecule has 2 aromatic carbocycles. The molecule has 9 nitrogen and oxygen atoms in total. The minimum absolute atomic E-state index is 0.0690. The van der Waals surface area contributed by atoms with Crippen molar-refractivity contribution >= 4 is 18.0 Å². The van der Waals surface area contributed by atoms with Gasteiger partial charge in [-0.3, -0.25) is 0 Å². The first-order valence-electron chi connectivity index (χ1n) is 9.69.